The summed E-state index contributed by atoms with van der Waals surface area (Å²) in [5, 5.41) is 11.0. The number of benzene rings is 2. The van der Waals surface area contributed by atoms with Crippen LogP contribution in [0.5, 0.6) is 5.75 Å². The number of pyridine rings is 1. The van der Waals surface area contributed by atoms with E-state index in [-0.39, 0.29) is 30.6 Å². The molecule has 1 aliphatic heterocycles. The molecule has 0 saturated carbocycles. The number of aliphatic imine (C=N–C) groups is 1. The summed E-state index contributed by atoms with van der Waals surface area (Å²) >= 11 is 1.48. The van der Waals surface area contributed by atoms with Crippen molar-refractivity contribution in [2.24, 2.45) is 4.99 Å². The van der Waals surface area contributed by atoms with Crippen LogP contribution in [0.4, 0.5) is 14.5 Å². The maximum Gasteiger partial charge on any atom is 0.137 e. The van der Waals surface area contributed by atoms with Gasteiger partial charge in [0.2, 0.25) is 0 Å². The van der Waals surface area contributed by atoms with Gasteiger partial charge in [0, 0.05) is 72.9 Å². The number of halogens is 2. The molecule has 0 amide bonds. The maximum atomic E-state index is 15.9. The fourth-order valence-electron chi connectivity index (χ4n) is 5.36. The minimum Gasteiger partial charge on any atom is -0.490 e. The first-order chi connectivity index (χ1) is 20.4. The van der Waals surface area contributed by atoms with Gasteiger partial charge in [-0.25, -0.2) is 13.8 Å². The summed E-state index contributed by atoms with van der Waals surface area (Å²) in [5.74, 6) is -1.42. The molecular formula is C31H30F2N6O2S. The Labute approximate surface area is 245 Å². The molecule has 1 aliphatic rings. The van der Waals surface area contributed by atoms with Gasteiger partial charge < -0.3 is 20.5 Å². The van der Waals surface area contributed by atoms with E-state index in [1.807, 2.05) is 40.4 Å². The number of nitrogens with zero attached hydrogens (tertiary/aromatic N) is 4. The smallest absolute Gasteiger partial charge is 0.137 e. The van der Waals surface area contributed by atoms with Crippen molar-refractivity contribution in [3.05, 3.63) is 70.7 Å². The van der Waals surface area contributed by atoms with Crippen LogP contribution in [0, 0.1) is 11.6 Å². The van der Waals surface area contributed by atoms with Gasteiger partial charge in [0.15, 0.2) is 0 Å². The predicted octanol–water partition coefficient (Wildman–Crippen LogP) is 6.09. The number of nitrogens with two attached hydrogens (primary N) is 1. The molecule has 2 aromatic carbocycles. The molecule has 11 heteroatoms. The van der Waals surface area contributed by atoms with Crippen molar-refractivity contribution in [1.29, 1.82) is 0 Å². The third kappa shape index (κ3) is 5.04. The number of aromatic nitrogens is 3. The number of methoxy groups -OCH3 is 1. The third-order valence-electron chi connectivity index (χ3n) is 7.32. The van der Waals surface area contributed by atoms with Gasteiger partial charge >= 0.3 is 0 Å². The Morgan fingerprint density at radius 1 is 1.14 bits per heavy atom. The number of rotatable bonds is 8. The fraction of sp³-hybridized carbons (Fsp3) is 0.258. The van der Waals surface area contributed by atoms with Crippen molar-refractivity contribution in [1.82, 2.24) is 20.1 Å². The van der Waals surface area contributed by atoms with Gasteiger partial charge in [0.25, 0.3) is 0 Å². The van der Waals surface area contributed by atoms with Crippen LogP contribution < -0.4 is 15.8 Å². The molecule has 6 rings (SSSR count). The SMILES string of the molecule is CN=Cc1ccc(-c2nc(-c3cc4n(n3)CCNC4C)c(-c3c(F)cc(F)cc3OCCOC)c3ccsc23)cc1N. The number of ether oxygens (including phenoxy) is 2. The second kappa shape index (κ2) is 11.6. The van der Waals surface area contributed by atoms with Crippen molar-refractivity contribution in [2.75, 3.05) is 39.6 Å². The lowest BCUT2D eigenvalue weighted by Crippen LogP contribution is -2.31. The molecular weight excluding hydrogens is 558 g/mol. The predicted molar refractivity (Wildman–Crippen MR) is 163 cm³/mol. The van der Waals surface area contributed by atoms with Crippen LogP contribution in [0.1, 0.15) is 24.2 Å². The van der Waals surface area contributed by atoms with E-state index in [0.717, 1.165) is 39.5 Å². The monoisotopic (exact) mass is 588 g/mol. The van der Waals surface area contributed by atoms with Crippen LogP contribution in [-0.4, -0.2) is 54.9 Å². The highest BCUT2D eigenvalue weighted by Gasteiger charge is 2.28. The quantitative estimate of drug-likeness (QED) is 0.129. The first-order valence-electron chi connectivity index (χ1n) is 13.6. The molecule has 4 heterocycles. The van der Waals surface area contributed by atoms with E-state index in [1.165, 1.54) is 24.5 Å². The third-order valence-corrected chi connectivity index (χ3v) is 8.24. The molecule has 216 valence electrons. The summed E-state index contributed by atoms with van der Waals surface area (Å²) in [6.07, 6.45) is 1.70. The number of anilines is 1. The van der Waals surface area contributed by atoms with E-state index in [1.54, 1.807) is 13.3 Å². The first-order valence-corrected chi connectivity index (χ1v) is 14.4. The van der Waals surface area contributed by atoms with Crippen molar-refractivity contribution < 1.29 is 18.3 Å². The molecule has 3 N–H and O–H groups in total. The molecule has 0 spiro atoms. The summed E-state index contributed by atoms with van der Waals surface area (Å²) in [6, 6.07) is 11.8. The highest BCUT2D eigenvalue weighted by atomic mass is 32.1. The molecule has 0 aliphatic carbocycles. The second-order valence-electron chi connectivity index (χ2n) is 10.0. The molecule has 3 aromatic heterocycles. The van der Waals surface area contributed by atoms with E-state index in [4.69, 9.17) is 25.3 Å². The molecule has 0 fully saturated rings. The first kappa shape index (κ1) is 28.0. The Bertz CT molecular complexity index is 1820. The number of thiophene rings is 1. The summed E-state index contributed by atoms with van der Waals surface area (Å²) in [4.78, 5) is 9.24. The van der Waals surface area contributed by atoms with Gasteiger partial charge in [-0.3, -0.25) is 9.67 Å². The summed E-state index contributed by atoms with van der Waals surface area (Å²) in [6.45, 7) is 3.92. The largest absolute Gasteiger partial charge is 0.490 e. The standard InChI is InChI=1S/C31H30F2N6O2S/c1-17-25-15-24(38-39(25)8-7-36-17)30-27(28-22(33)13-20(32)14-26(28)41-10-9-40-3)21-6-11-42-31(21)29(37-30)18-4-5-19(16-35-2)23(34)12-18/h4-6,11-17,36H,7-10,34H2,1-3H3. The van der Waals surface area contributed by atoms with Gasteiger partial charge in [-0.05, 0) is 30.5 Å². The van der Waals surface area contributed by atoms with Gasteiger partial charge in [-0.15, -0.1) is 11.3 Å². The molecule has 1 unspecified atom stereocenters. The maximum absolute atomic E-state index is 15.9. The van der Waals surface area contributed by atoms with Crippen LogP contribution in [0.25, 0.3) is 43.9 Å². The second-order valence-corrected chi connectivity index (χ2v) is 10.9. The van der Waals surface area contributed by atoms with Crippen LogP contribution >= 0.6 is 11.3 Å². The number of hydrogen-bond acceptors (Lipinski definition) is 8. The van der Waals surface area contributed by atoms with Crippen LogP contribution in [0.3, 0.4) is 0 Å². The van der Waals surface area contributed by atoms with Crippen LogP contribution in [0.15, 0.2) is 52.8 Å². The van der Waals surface area contributed by atoms with E-state index in [0.29, 0.717) is 34.9 Å². The van der Waals surface area contributed by atoms with E-state index in [9.17, 15) is 4.39 Å². The van der Waals surface area contributed by atoms with Gasteiger partial charge in [0.1, 0.15) is 35.4 Å². The lowest BCUT2D eigenvalue weighted by molar-refractivity contribution is 0.146. The zero-order valence-corrected chi connectivity index (χ0v) is 24.3. The summed E-state index contributed by atoms with van der Waals surface area (Å²) in [7, 11) is 3.23. The fourth-order valence-corrected chi connectivity index (χ4v) is 6.27. The Kier molecular flexibility index (Phi) is 7.72. The van der Waals surface area contributed by atoms with Crippen molar-refractivity contribution >= 4 is 33.3 Å². The topological polar surface area (TPSA) is 99.6 Å². The Morgan fingerprint density at radius 3 is 2.76 bits per heavy atom. The average molecular weight is 589 g/mol. The minimum atomic E-state index is -0.753. The highest BCUT2D eigenvalue weighted by molar-refractivity contribution is 7.17. The molecule has 0 bridgehead atoms. The number of hydrogen-bond donors (Lipinski definition) is 2. The normalized spacial score (nSPS) is 15.0. The molecule has 0 saturated heterocycles. The average Bonchev–Trinajstić information content (AvgIpc) is 3.62. The number of nitrogen functional groups attached to an aromatic ring is 1. The molecule has 42 heavy (non-hydrogen) atoms. The molecule has 8 nitrogen and oxygen atoms in total. The summed E-state index contributed by atoms with van der Waals surface area (Å²) < 4.78 is 44.2. The number of fused-ring (bicyclic) bond motifs is 2. The van der Waals surface area contributed by atoms with E-state index in [2.05, 4.69) is 17.2 Å². The van der Waals surface area contributed by atoms with Gasteiger partial charge in [-0.1, -0.05) is 12.1 Å². The Hall–Kier alpha value is -4.19. The molecule has 0 radical (unpaired) electrons. The van der Waals surface area contributed by atoms with Crippen molar-refractivity contribution in [3.63, 3.8) is 0 Å². The van der Waals surface area contributed by atoms with Crippen LogP contribution in [0.2, 0.25) is 0 Å². The van der Waals surface area contributed by atoms with Crippen LogP contribution in [-0.2, 0) is 11.3 Å². The van der Waals surface area contributed by atoms with Crippen molar-refractivity contribution in [2.45, 2.75) is 19.5 Å². The number of nitrogens with one attached hydrogen (secondary N) is 1. The van der Waals surface area contributed by atoms with E-state index < -0.39 is 11.6 Å². The zero-order chi connectivity index (χ0) is 29.4. The Morgan fingerprint density at radius 2 is 2.00 bits per heavy atom. The zero-order valence-electron chi connectivity index (χ0n) is 23.4. The lowest BCUT2D eigenvalue weighted by Gasteiger charge is -2.21. The van der Waals surface area contributed by atoms with Gasteiger partial charge in [-0.2, -0.15) is 5.10 Å². The molecule has 5 aromatic rings. The lowest BCUT2D eigenvalue weighted by atomic mass is 9.95. The minimum absolute atomic E-state index is 0.0688. The van der Waals surface area contributed by atoms with Crippen molar-refractivity contribution in [3.8, 4) is 39.5 Å². The van der Waals surface area contributed by atoms with Gasteiger partial charge in [0.05, 0.1) is 34.8 Å². The highest BCUT2D eigenvalue weighted by Crippen LogP contribution is 2.47. The van der Waals surface area contributed by atoms with E-state index >= 15 is 4.39 Å². The molecule has 1 atom stereocenters. The summed E-state index contributed by atoms with van der Waals surface area (Å²) in [5.41, 5.74) is 11.9. The Balaban J connectivity index is 1.65.